The van der Waals surface area contributed by atoms with Crippen molar-refractivity contribution in [2.45, 2.75) is 108 Å². The molecule has 3 saturated heterocycles. The Balaban J connectivity index is 1.54. The lowest BCUT2D eigenvalue weighted by atomic mass is 9.81. The molecule has 0 saturated carbocycles. The molecule has 1 aromatic rings. The Morgan fingerprint density at radius 3 is 2.33 bits per heavy atom. The molecule has 3 fully saturated rings. The molecule has 7 atom stereocenters. The van der Waals surface area contributed by atoms with Gasteiger partial charge in [0.15, 0.2) is 5.60 Å². The van der Waals surface area contributed by atoms with Gasteiger partial charge in [0.05, 0.1) is 30.3 Å². The van der Waals surface area contributed by atoms with Gasteiger partial charge in [-0.3, -0.25) is 19.3 Å². The highest BCUT2D eigenvalue weighted by Crippen LogP contribution is 2.38. The summed E-state index contributed by atoms with van der Waals surface area (Å²) in [5.41, 5.74) is -2.48. The van der Waals surface area contributed by atoms with Crippen LogP contribution in [0.1, 0.15) is 68.4 Å². The number of carbonyl (C=O) groups excluding carboxylic acids is 4. The largest absolute Gasteiger partial charge is 0.507 e. The van der Waals surface area contributed by atoms with Crippen molar-refractivity contribution in [2.24, 2.45) is 0 Å². The Hall–Kier alpha value is -4.03. The molecular formula is C35H53N5O12. The number of ether oxygens (including phenoxy) is 2. The number of amides is 4. The quantitative estimate of drug-likeness (QED) is 0.160. The lowest BCUT2D eigenvalue weighted by molar-refractivity contribution is -0.230. The van der Waals surface area contributed by atoms with Crippen LogP contribution in [0.4, 0.5) is 4.79 Å². The monoisotopic (exact) mass is 735 g/mol. The second-order valence-electron chi connectivity index (χ2n) is 15.4. The number of aromatic hydroxyl groups is 1. The Morgan fingerprint density at radius 1 is 1.12 bits per heavy atom. The number of hydrogen-bond acceptors (Lipinski definition) is 12. The van der Waals surface area contributed by atoms with Crippen molar-refractivity contribution < 1.29 is 59.0 Å². The minimum absolute atomic E-state index is 0.0154. The van der Waals surface area contributed by atoms with Crippen LogP contribution in [0.3, 0.4) is 0 Å². The number of aliphatic hydroxyl groups excluding tert-OH is 3. The van der Waals surface area contributed by atoms with E-state index < -0.39 is 84.0 Å². The molecule has 0 bridgehead atoms. The van der Waals surface area contributed by atoms with E-state index in [4.69, 9.17) is 9.47 Å². The van der Waals surface area contributed by atoms with E-state index in [0.717, 1.165) is 0 Å². The van der Waals surface area contributed by atoms with Gasteiger partial charge >= 0.3 is 12.1 Å². The average molecular weight is 736 g/mol. The van der Waals surface area contributed by atoms with Crippen molar-refractivity contribution in [3.63, 3.8) is 0 Å². The summed E-state index contributed by atoms with van der Waals surface area (Å²) < 4.78 is 11.7. The number of carbonyl (C=O) groups is 5. The van der Waals surface area contributed by atoms with E-state index in [2.05, 4.69) is 10.6 Å². The van der Waals surface area contributed by atoms with E-state index in [9.17, 15) is 49.5 Å². The standard InChI is InChI=1S/C35H53N5O12/c1-19-12-22(13-20(2)27(19)45)30(47)36-15-24(43)28(46)29-26(37-21(3)41)23(42)14-35(51-29,31(48)49)9-11-40-16-25(44)38(7)17-34(40)8-10-39(18-34)32(50)52-33(4,5)6/h12-13,23-24,26,28-29,42-43,45-46H,8-11,14-18H2,1-7H3,(H,36,47)(H,37,41)(H,48,49)/t23-,24+,26+,28+,29+,34+,35+/m0/s1. The first-order chi connectivity index (χ1) is 24.1. The van der Waals surface area contributed by atoms with Crippen LogP contribution in [-0.4, -0.2) is 164 Å². The number of likely N-dealkylation sites (N-methyl/N-ethyl adjacent to an activating group) is 1. The molecule has 4 amide bonds. The van der Waals surface area contributed by atoms with E-state index >= 15 is 0 Å². The summed E-state index contributed by atoms with van der Waals surface area (Å²) in [6.07, 6.45) is -7.63. The molecule has 1 spiro atoms. The van der Waals surface area contributed by atoms with Crippen molar-refractivity contribution in [1.29, 1.82) is 0 Å². The summed E-state index contributed by atoms with van der Waals surface area (Å²) >= 11 is 0. The van der Waals surface area contributed by atoms with Gasteiger partial charge in [0, 0.05) is 65.1 Å². The van der Waals surface area contributed by atoms with Crippen LogP contribution in [-0.2, 0) is 23.9 Å². The van der Waals surface area contributed by atoms with E-state index in [0.29, 0.717) is 24.1 Å². The Kier molecular flexibility index (Phi) is 12.2. The molecule has 3 aliphatic rings. The minimum atomic E-state index is -2.14. The van der Waals surface area contributed by atoms with Gasteiger partial charge < -0.3 is 55.4 Å². The van der Waals surface area contributed by atoms with Crippen LogP contribution in [0.25, 0.3) is 0 Å². The highest BCUT2D eigenvalue weighted by Gasteiger charge is 2.56. The predicted octanol–water partition coefficient (Wildman–Crippen LogP) is -0.518. The third-order valence-electron chi connectivity index (χ3n) is 10.1. The molecule has 0 unspecified atom stereocenters. The maximum absolute atomic E-state index is 13.0. The number of piperazine rings is 1. The number of carboxylic acids is 1. The molecule has 17 nitrogen and oxygen atoms in total. The van der Waals surface area contributed by atoms with Crippen LogP contribution in [0.15, 0.2) is 12.1 Å². The smallest absolute Gasteiger partial charge is 0.410 e. The van der Waals surface area contributed by atoms with Crippen LogP contribution in [0.5, 0.6) is 5.75 Å². The highest BCUT2D eigenvalue weighted by atomic mass is 16.6. The molecule has 0 aliphatic carbocycles. The van der Waals surface area contributed by atoms with Gasteiger partial charge in [-0.25, -0.2) is 9.59 Å². The summed E-state index contributed by atoms with van der Waals surface area (Å²) in [5.74, 6) is -2.87. The number of carboxylic acid groups (broad SMARTS) is 1. The molecule has 4 rings (SSSR count). The average Bonchev–Trinajstić information content (AvgIpc) is 3.47. The van der Waals surface area contributed by atoms with Gasteiger partial charge in [-0.15, -0.1) is 0 Å². The Labute approximate surface area is 302 Å². The van der Waals surface area contributed by atoms with E-state index in [-0.39, 0.29) is 49.8 Å². The number of aliphatic hydroxyl groups is 3. The summed E-state index contributed by atoms with van der Waals surface area (Å²) in [4.78, 5) is 68.8. The molecule has 7 N–H and O–H groups in total. The van der Waals surface area contributed by atoms with Crippen molar-refractivity contribution in [2.75, 3.05) is 46.3 Å². The van der Waals surface area contributed by atoms with E-state index in [1.54, 1.807) is 51.5 Å². The van der Waals surface area contributed by atoms with Crippen LogP contribution < -0.4 is 10.6 Å². The van der Waals surface area contributed by atoms with Crippen molar-refractivity contribution >= 4 is 29.8 Å². The van der Waals surface area contributed by atoms with Crippen molar-refractivity contribution in [1.82, 2.24) is 25.3 Å². The Bertz CT molecular complexity index is 1530. The third kappa shape index (κ3) is 8.94. The molecule has 290 valence electrons. The zero-order valence-corrected chi connectivity index (χ0v) is 30.8. The van der Waals surface area contributed by atoms with Gasteiger partial charge in [0.1, 0.15) is 23.6 Å². The summed E-state index contributed by atoms with van der Waals surface area (Å²) in [7, 11) is 1.66. The van der Waals surface area contributed by atoms with Gasteiger partial charge in [-0.2, -0.15) is 0 Å². The number of aryl methyl sites for hydroxylation is 2. The maximum atomic E-state index is 13.0. The number of rotatable bonds is 10. The zero-order valence-electron chi connectivity index (χ0n) is 30.8. The lowest BCUT2D eigenvalue weighted by Crippen LogP contribution is -2.69. The summed E-state index contributed by atoms with van der Waals surface area (Å²) in [5, 5.41) is 59.3. The molecule has 0 aromatic heterocycles. The van der Waals surface area contributed by atoms with Gasteiger partial charge in [-0.1, -0.05) is 0 Å². The van der Waals surface area contributed by atoms with Gasteiger partial charge in [0.2, 0.25) is 11.8 Å². The normalized spacial score (nSPS) is 28.0. The lowest BCUT2D eigenvalue weighted by Gasteiger charge is -2.50. The number of hydrogen-bond donors (Lipinski definition) is 7. The zero-order chi connectivity index (χ0) is 38.9. The van der Waals surface area contributed by atoms with E-state index in [1.165, 1.54) is 19.1 Å². The first kappa shape index (κ1) is 40.7. The number of phenolic OH excluding ortho intramolecular Hbond substituents is 1. The van der Waals surface area contributed by atoms with E-state index in [1.807, 2.05) is 4.90 Å². The van der Waals surface area contributed by atoms with Crippen molar-refractivity contribution in [3.8, 4) is 5.75 Å². The second kappa shape index (κ2) is 15.5. The van der Waals surface area contributed by atoms with Crippen LogP contribution in [0.2, 0.25) is 0 Å². The first-order valence-electron chi connectivity index (χ1n) is 17.4. The number of likely N-dealkylation sites (tertiary alicyclic amines) is 1. The molecule has 3 aliphatic heterocycles. The third-order valence-corrected chi connectivity index (χ3v) is 10.1. The van der Waals surface area contributed by atoms with Gasteiger partial charge in [0.25, 0.3) is 5.91 Å². The maximum Gasteiger partial charge on any atom is 0.410 e. The summed E-state index contributed by atoms with van der Waals surface area (Å²) in [6, 6.07) is 1.57. The number of benzene rings is 1. The number of phenols is 1. The minimum Gasteiger partial charge on any atom is -0.507 e. The topological polar surface area (TPSA) is 239 Å². The molecular weight excluding hydrogens is 682 g/mol. The van der Waals surface area contributed by atoms with Crippen molar-refractivity contribution in [3.05, 3.63) is 28.8 Å². The SMILES string of the molecule is CC(=O)N[C@H]1[C@H]([C@H](O)[C@H](O)CNC(=O)c2cc(C)c(O)c(C)c2)O[C@@](CCN2CC(=O)N(C)C[C@@]23CCN(C(=O)OC(C)(C)C)C3)(C(=O)O)C[C@@H]1O. The molecule has 17 heteroatoms. The molecule has 3 heterocycles. The molecule has 0 radical (unpaired) electrons. The molecule has 1 aromatic carbocycles. The highest BCUT2D eigenvalue weighted by molar-refractivity contribution is 5.95. The predicted molar refractivity (Wildman–Crippen MR) is 184 cm³/mol. The van der Waals surface area contributed by atoms with Crippen LogP contribution >= 0.6 is 0 Å². The fraction of sp³-hybridized carbons (Fsp3) is 0.686. The van der Waals surface area contributed by atoms with Crippen LogP contribution in [0, 0.1) is 13.8 Å². The second-order valence-corrected chi connectivity index (χ2v) is 15.4. The fourth-order valence-electron chi connectivity index (χ4n) is 7.33. The number of nitrogens with zero attached hydrogens (tertiary/aromatic N) is 3. The molecule has 52 heavy (non-hydrogen) atoms. The Morgan fingerprint density at radius 2 is 1.75 bits per heavy atom. The summed E-state index contributed by atoms with van der Waals surface area (Å²) in [6.45, 7) is 9.91. The fourth-order valence-corrected chi connectivity index (χ4v) is 7.33. The number of nitrogens with one attached hydrogen (secondary N) is 2. The number of aliphatic carboxylic acids is 1. The van der Waals surface area contributed by atoms with Gasteiger partial charge in [-0.05, 0) is 64.3 Å². The first-order valence-corrected chi connectivity index (χ1v) is 17.4.